The number of nitrogen functional groups attached to an aromatic ring is 1. The Balaban J connectivity index is 1.78. The summed E-state index contributed by atoms with van der Waals surface area (Å²) in [5.74, 6) is -0.167. The number of aliphatic carboxylic acids is 1. The van der Waals surface area contributed by atoms with Crippen LogP contribution in [0.2, 0.25) is 0 Å². The SMILES string of the molecule is Nc1nnc(SCC(=O)O)n1C1CC1c1ccccc1. The number of thioether (sulfide) groups is 1. The summed E-state index contributed by atoms with van der Waals surface area (Å²) in [6.07, 6.45) is 0.979. The molecule has 2 atom stereocenters. The van der Waals surface area contributed by atoms with E-state index in [9.17, 15) is 4.79 Å². The van der Waals surface area contributed by atoms with E-state index in [-0.39, 0.29) is 11.8 Å². The van der Waals surface area contributed by atoms with E-state index in [1.54, 1.807) is 0 Å². The van der Waals surface area contributed by atoms with E-state index in [0.717, 1.165) is 18.2 Å². The van der Waals surface area contributed by atoms with E-state index in [1.807, 2.05) is 22.8 Å². The molecule has 7 heteroatoms. The largest absolute Gasteiger partial charge is 0.481 e. The van der Waals surface area contributed by atoms with Gasteiger partial charge in [0.1, 0.15) is 0 Å². The molecule has 0 bridgehead atoms. The summed E-state index contributed by atoms with van der Waals surface area (Å²) in [5, 5.41) is 17.1. The minimum atomic E-state index is -0.876. The van der Waals surface area contributed by atoms with Crippen LogP contribution >= 0.6 is 11.8 Å². The first-order chi connectivity index (χ1) is 9.66. The van der Waals surface area contributed by atoms with Gasteiger partial charge in [0, 0.05) is 12.0 Å². The van der Waals surface area contributed by atoms with Crippen molar-refractivity contribution < 1.29 is 9.90 Å². The summed E-state index contributed by atoms with van der Waals surface area (Å²) < 4.78 is 1.85. The molecule has 1 saturated carbocycles. The number of carboxylic acid groups (broad SMARTS) is 1. The predicted octanol–water partition coefficient (Wildman–Crippen LogP) is 1.77. The lowest BCUT2D eigenvalue weighted by atomic mass is 10.1. The third kappa shape index (κ3) is 2.49. The van der Waals surface area contributed by atoms with Gasteiger partial charge in [-0.1, -0.05) is 42.1 Å². The number of hydrogen-bond acceptors (Lipinski definition) is 5. The highest BCUT2D eigenvalue weighted by atomic mass is 32.2. The molecular formula is C13H14N4O2S. The van der Waals surface area contributed by atoms with Crippen LogP contribution in [-0.4, -0.2) is 31.6 Å². The monoisotopic (exact) mass is 290 g/mol. The van der Waals surface area contributed by atoms with Crippen LogP contribution in [0.15, 0.2) is 35.5 Å². The van der Waals surface area contributed by atoms with Gasteiger partial charge in [-0.3, -0.25) is 9.36 Å². The lowest BCUT2D eigenvalue weighted by molar-refractivity contribution is -0.133. The molecule has 1 aliphatic carbocycles. The highest BCUT2D eigenvalue weighted by Gasteiger charge is 2.42. The molecule has 0 spiro atoms. The maximum absolute atomic E-state index is 10.7. The van der Waals surface area contributed by atoms with E-state index in [1.165, 1.54) is 5.56 Å². The normalized spacial score (nSPS) is 20.8. The van der Waals surface area contributed by atoms with Gasteiger partial charge in [0.15, 0.2) is 5.16 Å². The number of nitrogens with zero attached hydrogens (tertiary/aromatic N) is 3. The molecule has 0 radical (unpaired) electrons. The molecule has 20 heavy (non-hydrogen) atoms. The van der Waals surface area contributed by atoms with Crippen molar-refractivity contribution in [1.82, 2.24) is 14.8 Å². The summed E-state index contributed by atoms with van der Waals surface area (Å²) in [7, 11) is 0. The van der Waals surface area contributed by atoms with Crippen molar-refractivity contribution in [3.8, 4) is 0 Å². The Morgan fingerprint density at radius 1 is 1.40 bits per heavy atom. The minimum Gasteiger partial charge on any atom is -0.481 e. The molecule has 3 N–H and O–H groups in total. The number of nitrogens with two attached hydrogens (primary N) is 1. The second kappa shape index (κ2) is 5.16. The zero-order valence-corrected chi connectivity index (χ0v) is 11.5. The van der Waals surface area contributed by atoms with E-state index in [0.29, 0.717) is 17.0 Å². The van der Waals surface area contributed by atoms with Crippen molar-refractivity contribution >= 4 is 23.7 Å². The van der Waals surface area contributed by atoms with Crippen molar-refractivity contribution in [2.24, 2.45) is 0 Å². The third-order valence-corrected chi connectivity index (χ3v) is 4.26. The third-order valence-electron chi connectivity index (χ3n) is 3.33. The van der Waals surface area contributed by atoms with Crippen LogP contribution in [0.1, 0.15) is 23.9 Å². The molecule has 6 nitrogen and oxygen atoms in total. The lowest BCUT2D eigenvalue weighted by Gasteiger charge is -2.07. The van der Waals surface area contributed by atoms with Crippen LogP contribution in [0.4, 0.5) is 5.95 Å². The lowest BCUT2D eigenvalue weighted by Crippen LogP contribution is -2.05. The maximum atomic E-state index is 10.7. The van der Waals surface area contributed by atoms with E-state index >= 15 is 0 Å². The van der Waals surface area contributed by atoms with Gasteiger partial charge in [0.2, 0.25) is 5.95 Å². The van der Waals surface area contributed by atoms with Gasteiger partial charge in [0.05, 0.1) is 5.75 Å². The Bertz CT molecular complexity index is 629. The van der Waals surface area contributed by atoms with Crippen molar-refractivity contribution in [1.29, 1.82) is 0 Å². The van der Waals surface area contributed by atoms with Crippen molar-refractivity contribution in [2.45, 2.75) is 23.5 Å². The second-order valence-electron chi connectivity index (χ2n) is 4.71. The number of carboxylic acids is 1. The Hall–Kier alpha value is -2.02. The Labute approximate surface area is 120 Å². The molecule has 1 fully saturated rings. The summed E-state index contributed by atoms with van der Waals surface area (Å²) in [6.45, 7) is 0. The second-order valence-corrected chi connectivity index (χ2v) is 5.66. The highest BCUT2D eigenvalue weighted by molar-refractivity contribution is 7.99. The average Bonchev–Trinajstić information content (AvgIpc) is 3.14. The first-order valence-corrected chi connectivity index (χ1v) is 7.25. The van der Waals surface area contributed by atoms with Crippen molar-refractivity contribution in [3.05, 3.63) is 35.9 Å². The molecule has 0 amide bonds. The van der Waals surface area contributed by atoms with Crippen LogP contribution in [0, 0.1) is 0 Å². The number of aromatic nitrogens is 3. The maximum Gasteiger partial charge on any atom is 0.313 e. The number of anilines is 1. The quantitative estimate of drug-likeness (QED) is 0.815. The average molecular weight is 290 g/mol. The summed E-state index contributed by atoms with van der Waals surface area (Å²) in [6, 6.07) is 10.4. The van der Waals surface area contributed by atoms with Gasteiger partial charge in [-0.2, -0.15) is 0 Å². The van der Waals surface area contributed by atoms with Gasteiger partial charge in [-0.15, -0.1) is 10.2 Å². The Morgan fingerprint density at radius 2 is 2.15 bits per heavy atom. The molecule has 2 unspecified atom stereocenters. The molecule has 1 aliphatic rings. The summed E-state index contributed by atoms with van der Waals surface area (Å²) in [5.41, 5.74) is 7.12. The number of hydrogen-bond donors (Lipinski definition) is 2. The molecule has 3 rings (SSSR count). The van der Waals surface area contributed by atoms with E-state index in [2.05, 4.69) is 22.3 Å². The first kappa shape index (κ1) is 13.0. The molecule has 1 heterocycles. The van der Waals surface area contributed by atoms with Crippen LogP contribution < -0.4 is 5.73 Å². The predicted molar refractivity (Wildman–Crippen MR) is 75.6 cm³/mol. The van der Waals surface area contributed by atoms with Crippen molar-refractivity contribution in [2.75, 3.05) is 11.5 Å². The Kier molecular flexibility index (Phi) is 3.35. The fraction of sp³-hybridized carbons (Fsp3) is 0.308. The standard InChI is InChI=1S/C13H14N4O2S/c14-12-15-16-13(20-7-11(18)19)17(12)10-6-9(10)8-4-2-1-3-5-8/h1-5,9-10H,6-7H2,(H2,14,15)(H,18,19). The van der Waals surface area contributed by atoms with Crippen LogP contribution in [0.3, 0.4) is 0 Å². The zero-order valence-electron chi connectivity index (χ0n) is 10.6. The highest BCUT2D eigenvalue weighted by Crippen LogP contribution is 2.53. The molecular weight excluding hydrogens is 276 g/mol. The van der Waals surface area contributed by atoms with E-state index in [4.69, 9.17) is 10.8 Å². The van der Waals surface area contributed by atoms with Gasteiger partial charge in [-0.25, -0.2) is 0 Å². The topological polar surface area (TPSA) is 94.0 Å². The summed E-state index contributed by atoms with van der Waals surface area (Å²) in [4.78, 5) is 10.7. The fourth-order valence-electron chi connectivity index (χ4n) is 2.35. The van der Waals surface area contributed by atoms with E-state index < -0.39 is 5.97 Å². The van der Waals surface area contributed by atoms with Gasteiger partial charge >= 0.3 is 5.97 Å². The van der Waals surface area contributed by atoms with Crippen LogP contribution in [0.25, 0.3) is 0 Å². The van der Waals surface area contributed by atoms with Crippen LogP contribution in [-0.2, 0) is 4.79 Å². The molecule has 0 saturated heterocycles. The minimum absolute atomic E-state index is 0.0408. The smallest absolute Gasteiger partial charge is 0.313 e. The van der Waals surface area contributed by atoms with Crippen molar-refractivity contribution in [3.63, 3.8) is 0 Å². The fourth-order valence-corrected chi connectivity index (χ4v) is 3.07. The summed E-state index contributed by atoms with van der Waals surface area (Å²) >= 11 is 1.15. The van der Waals surface area contributed by atoms with Gasteiger partial charge in [-0.05, 0) is 12.0 Å². The van der Waals surface area contributed by atoms with Crippen LogP contribution in [0.5, 0.6) is 0 Å². The Morgan fingerprint density at radius 3 is 2.85 bits per heavy atom. The number of rotatable bonds is 5. The molecule has 104 valence electrons. The molecule has 1 aromatic heterocycles. The van der Waals surface area contributed by atoms with Gasteiger partial charge in [0.25, 0.3) is 0 Å². The van der Waals surface area contributed by atoms with Gasteiger partial charge < -0.3 is 10.8 Å². The zero-order chi connectivity index (χ0) is 14.1. The molecule has 0 aliphatic heterocycles. The molecule has 1 aromatic carbocycles. The number of carbonyl (C=O) groups is 1. The number of benzene rings is 1. The molecule has 2 aromatic rings. The first-order valence-electron chi connectivity index (χ1n) is 6.26.